The normalized spacial score (nSPS) is 12.4. The average molecular weight is 250 g/mol. The molecule has 1 unspecified atom stereocenters. The number of para-hydroxylation sites is 1. The zero-order valence-corrected chi connectivity index (χ0v) is 12.1. The van der Waals surface area contributed by atoms with E-state index in [9.17, 15) is 0 Å². The van der Waals surface area contributed by atoms with Crippen molar-refractivity contribution in [2.75, 3.05) is 31.7 Å². The van der Waals surface area contributed by atoms with Gasteiger partial charge >= 0.3 is 0 Å². The fourth-order valence-corrected chi connectivity index (χ4v) is 2.25. The van der Waals surface area contributed by atoms with Gasteiger partial charge in [-0.3, -0.25) is 0 Å². The van der Waals surface area contributed by atoms with E-state index in [0.29, 0.717) is 6.04 Å². The minimum absolute atomic E-state index is 0.391. The molecule has 3 heteroatoms. The summed E-state index contributed by atoms with van der Waals surface area (Å²) in [5, 5.41) is 3.40. The molecular formula is C15H26N2O. The van der Waals surface area contributed by atoms with Gasteiger partial charge in [-0.25, -0.2) is 0 Å². The van der Waals surface area contributed by atoms with Gasteiger partial charge in [0.15, 0.2) is 0 Å². The molecule has 3 nitrogen and oxygen atoms in total. The number of nitrogens with zero attached hydrogens (tertiary/aromatic N) is 1. The zero-order chi connectivity index (χ0) is 13.4. The van der Waals surface area contributed by atoms with Crippen LogP contribution in [-0.4, -0.2) is 32.8 Å². The second-order valence-electron chi connectivity index (χ2n) is 4.50. The number of benzene rings is 1. The summed E-state index contributed by atoms with van der Waals surface area (Å²) in [7, 11) is 1.76. The quantitative estimate of drug-likeness (QED) is 0.767. The maximum absolute atomic E-state index is 5.27. The number of hydrogen-bond acceptors (Lipinski definition) is 3. The fourth-order valence-electron chi connectivity index (χ4n) is 2.25. The first kappa shape index (κ1) is 15.0. The molecule has 18 heavy (non-hydrogen) atoms. The molecule has 0 heterocycles. The van der Waals surface area contributed by atoms with Crippen LogP contribution in [0.5, 0.6) is 0 Å². The Bertz CT molecular complexity index is 341. The van der Waals surface area contributed by atoms with Crippen LogP contribution in [0.4, 0.5) is 5.69 Å². The van der Waals surface area contributed by atoms with Gasteiger partial charge in [0.1, 0.15) is 0 Å². The summed E-state index contributed by atoms with van der Waals surface area (Å²) in [5.41, 5.74) is 2.66. The third kappa shape index (κ3) is 4.00. The lowest BCUT2D eigenvalue weighted by molar-refractivity contribution is 0.182. The predicted molar refractivity (Wildman–Crippen MR) is 78.2 cm³/mol. The number of nitrogens with one attached hydrogen (secondary N) is 1. The van der Waals surface area contributed by atoms with Crippen molar-refractivity contribution in [1.29, 1.82) is 0 Å². The zero-order valence-electron chi connectivity index (χ0n) is 12.1. The third-order valence-electron chi connectivity index (χ3n) is 3.15. The highest BCUT2D eigenvalue weighted by atomic mass is 16.5. The molecule has 1 rings (SSSR count). The minimum atomic E-state index is 0.391. The smallest absolute Gasteiger partial charge is 0.0663 e. The summed E-state index contributed by atoms with van der Waals surface area (Å²) in [5.74, 6) is 0. The van der Waals surface area contributed by atoms with Crippen LogP contribution >= 0.6 is 0 Å². The van der Waals surface area contributed by atoms with Gasteiger partial charge in [-0.05, 0) is 32.0 Å². The number of likely N-dealkylation sites (N-methyl/N-ethyl adjacent to an activating group) is 1. The lowest BCUT2D eigenvalue weighted by atomic mass is 10.1. The number of anilines is 1. The van der Waals surface area contributed by atoms with E-state index in [1.807, 2.05) is 0 Å². The topological polar surface area (TPSA) is 24.5 Å². The first-order valence-corrected chi connectivity index (χ1v) is 6.78. The molecule has 0 radical (unpaired) electrons. The summed E-state index contributed by atoms with van der Waals surface area (Å²) >= 11 is 0. The van der Waals surface area contributed by atoms with Gasteiger partial charge in [-0.2, -0.15) is 0 Å². The molecular weight excluding hydrogens is 224 g/mol. The molecule has 0 aliphatic rings. The Balaban J connectivity index is 2.89. The van der Waals surface area contributed by atoms with Gasteiger partial charge in [0, 0.05) is 31.9 Å². The second-order valence-corrected chi connectivity index (χ2v) is 4.50. The van der Waals surface area contributed by atoms with E-state index < -0.39 is 0 Å². The van der Waals surface area contributed by atoms with Crippen LogP contribution in [0.3, 0.4) is 0 Å². The SMILES string of the molecule is CCNCc1ccccc1N(CC)C(C)COC. The molecule has 0 aliphatic carbocycles. The van der Waals surface area contributed by atoms with Crippen molar-refractivity contribution in [3.05, 3.63) is 29.8 Å². The van der Waals surface area contributed by atoms with Gasteiger partial charge in [0.25, 0.3) is 0 Å². The molecule has 0 aliphatic heterocycles. The first-order chi connectivity index (χ1) is 8.74. The van der Waals surface area contributed by atoms with Crippen molar-refractivity contribution in [2.45, 2.75) is 33.4 Å². The van der Waals surface area contributed by atoms with Gasteiger partial charge in [0.2, 0.25) is 0 Å². The monoisotopic (exact) mass is 250 g/mol. The summed E-state index contributed by atoms with van der Waals surface area (Å²) in [6.45, 7) is 10.2. The molecule has 1 atom stereocenters. The lowest BCUT2D eigenvalue weighted by Gasteiger charge is -2.31. The van der Waals surface area contributed by atoms with Crippen LogP contribution in [0.2, 0.25) is 0 Å². The Morgan fingerprint density at radius 2 is 2.00 bits per heavy atom. The van der Waals surface area contributed by atoms with Gasteiger partial charge in [-0.15, -0.1) is 0 Å². The van der Waals surface area contributed by atoms with E-state index >= 15 is 0 Å². The Morgan fingerprint density at radius 1 is 1.28 bits per heavy atom. The molecule has 0 aromatic heterocycles. The summed E-state index contributed by atoms with van der Waals surface area (Å²) in [6.07, 6.45) is 0. The van der Waals surface area contributed by atoms with Gasteiger partial charge in [-0.1, -0.05) is 25.1 Å². The number of rotatable bonds is 8. The van der Waals surface area contributed by atoms with Crippen molar-refractivity contribution in [3.63, 3.8) is 0 Å². The van der Waals surface area contributed by atoms with E-state index in [1.54, 1.807) is 7.11 Å². The van der Waals surface area contributed by atoms with Crippen molar-refractivity contribution < 1.29 is 4.74 Å². The number of methoxy groups -OCH3 is 1. The van der Waals surface area contributed by atoms with Crippen LogP contribution in [0.1, 0.15) is 26.3 Å². The molecule has 102 valence electrons. The Hall–Kier alpha value is -1.06. The highest BCUT2D eigenvalue weighted by molar-refractivity contribution is 5.54. The van der Waals surface area contributed by atoms with Crippen LogP contribution in [0.15, 0.2) is 24.3 Å². The summed E-state index contributed by atoms with van der Waals surface area (Å²) in [4.78, 5) is 2.40. The Morgan fingerprint density at radius 3 is 2.61 bits per heavy atom. The summed E-state index contributed by atoms with van der Waals surface area (Å²) in [6, 6.07) is 8.99. The Labute approximate surface area is 111 Å². The predicted octanol–water partition coefficient (Wildman–Crippen LogP) is 2.66. The average Bonchev–Trinajstić information content (AvgIpc) is 2.39. The van der Waals surface area contributed by atoms with Crippen molar-refractivity contribution >= 4 is 5.69 Å². The molecule has 0 saturated carbocycles. The Kier molecular flexibility index (Phi) is 6.76. The lowest BCUT2D eigenvalue weighted by Crippen LogP contribution is -2.37. The van der Waals surface area contributed by atoms with Crippen LogP contribution in [-0.2, 0) is 11.3 Å². The van der Waals surface area contributed by atoms with E-state index in [2.05, 4.69) is 55.3 Å². The second kappa shape index (κ2) is 8.11. The van der Waals surface area contributed by atoms with Crippen LogP contribution in [0, 0.1) is 0 Å². The van der Waals surface area contributed by atoms with Crippen LogP contribution in [0.25, 0.3) is 0 Å². The van der Waals surface area contributed by atoms with Crippen molar-refractivity contribution in [2.24, 2.45) is 0 Å². The third-order valence-corrected chi connectivity index (χ3v) is 3.15. The molecule has 0 amide bonds. The van der Waals surface area contributed by atoms with E-state index in [1.165, 1.54) is 11.3 Å². The molecule has 0 bridgehead atoms. The summed E-state index contributed by atoms with van der Waals surface area (Å²) < 4.78 is 5.27. The largest absolute Gasteiger partial charge is 0.383 e. The first-order valence-electron chi connectivity index (χ1n) is 6.78. The highest BCUT2D eigenvalue weighted by Crippen LogP contribution is 2.22. The maximum atomic E-state index is 5.27. The van der Waals surface area contributed by atoms with E-state index in [-0.39, 0.29) is 0 Å². The van der Waals surface area contributed by atoms with Gasteiger partial charge < -0.3 is 15.0 Å². The standard InChI is InChI=1S/C15H26N2O/c1-5-16-11-14-9-7-8-10-15(14)17(6-2)13(3)12-18-4/h7-10,13,16H,5-6,11-12H2,1-4H3. The minimum Gasteiger partial charge on any atom is -0.383 e. The molecule has 0 saturated heterocycles. The highest BCUT2D eigenvalue weighted by Gasteiger charge is 2.15. The van der Waals surface area contributed by atoms with Crippen molar-refractivity contribution in [1.82, 2.24) is 5.32 Å². The van der Waals surface area contributed by atoms with Crippen LogP contribution < -0.4 is 10.2 Å². The molecule has 1 N–H and O–H groups in total. The van der Waals surface area contributed by atoms with E-state index in [4.69, 9.17) is 4.74 Å². The molecule has 1 aromatic carbocycles. The van der Waals surface area contributed by atoms with Crippen molar-refractivity contribution in [3.8, 4) is 0 Å². The number of ether oxygens (including phenoxy) is 1. The van der Waals surface area contributed by atoms with Gasteiger partial charge in [0.05, 0.1) is 6.61 Å². The maximum Gasteiger partial charge on any atom is 0.0663 e. The molecule has 0 spiro atoms. The van der Waals surface area contributed by atoms with E-state index in [0.717, 1.165) is 26.2 Å². The molecule has 1 aromatic rings. The molecule has 0 fully saturated rings. The fraction of sp³-hybridized carbons (Fsp3) is 0.600. The number of hydrogen-bond donors (Lipinski definition) is 1.